The van der Waals surface area contributed by atoms with E-state index in [0.717, 1.165) is 31.4 Å². The van der Waals surface area contributed by atoms with E-state index >= 15 is 0 Å². The summed E-state index contributed by atoms with van der Waals surface area (Å²) in [6.07, 6.45) is 16.2. The van der Waals surface area contributed by atoms with Gasteiger partial charge in [0.2, 0.25) is 0 Å². The standard InChI is InChI=1S/C53H37N/c1-2-14-34(15-3-1)35-28-30-36(31-29-35)54(49-33-32-42-38-17-5-4-16-37(38)41-21-12-22-44(49)51(41)42)50-27-13-26-48-52(50)43-20-8-11-25-47(43)53(48)45-23-9-6-18-39(45)40-19-7-10-24-46(40)53/h2,4-6,8-18,20-33H,1,3,7,19H2. The lowest BCUT2D eigenvalue weighted by molar-refractivity contribution is 0.780. The average molecular weight is 688 g/mol. The Balaban J connectivity index is 1.15. The van der Waals surface area contributed by atoms with E-state index in [1.165, 1.54) is 100 Å². The van der Waals surface area contributed by atoms with E-state index < -0.39 is 0 Å². The largest absolute Gasteiger partial charge is 0.309 e. The molecule has 0 saturated heterocycles. The maximum atomic E-state index is 2.56. The van der Waals surface area contributed by atoms with Crippen LogP contribution < -0.4 is 4.90 Å². The first-order chi connectivity index (χ1) is 26.8. The molecule has 0 radical (unpaired) electrons. The minimum absolute atomic E-state index is 0.357. The summed E-state index contributed by atoms with van der Waals surface area (Å²) in [5.74, 6) is 0. The molecule has 5 aliphatic rings. The number of anilines is 3. The molecule has 1 spiro atoms. The van der Waals surface area contributed by atoms with Crippen molar-refractivity contribution in [3.8, 4) is 33.4 Å². The number of nitrogens with zero attached hydrogens (tertiary/aromatic N) is 1. The molecule has 0 heterocycles. The Morgan fingerprint density at radius 1 is 0.463 bits per heavy atom. The Labute approximate surface area is 316 Å². The van der Waals surface area contributed by atoms with Crippen molar-refractivity contribution in [2.45, 2.75) is 31.1 Å². The number of fused-ring (bicyclic) bond motifs is 12. The quantitative estimate of drug-likeness (QED) is 0.178. The monoisotopic (exact) mass is 687 g/mol. The van der Waals surface area contributed by atoms with Crippen LogP contribution in [0.15, 0.2) is 182 Å². The molecule has 7 aromatic rings. The van der Waals surface area contributed by atoms with Crippen molar-refractivity contribution in [2.24, 2.45) is 0 Å². The maximum absolute atomic E-state index is 2.56. The molecule has 0 aromatic heterocycles. The number of benzene rings is 7. The van der Waals surface area contributed by atoms with Crippen molar-refractivity contribution < 1.29 is 0 Å². The molecule has 1 nitrogen and oxygen atoms in total. The summed E-state index contributed by atoms with van der Waals surface area (Å²) in [4.78, 5) is 2.56. The highest BCUT2D eigenvalue weighted by Crippen LogP contribution is 2.65. The van der Waals surface area contributed by atoms with Gasteiger partial charge in [-0.2, -0.15) is 0 Å². The predicted molar refractivity (Wildman–Crippen MR) is 226 cm³/mol. The highest BCUT2D eigenvalue weighted by atomic mass is 15.1. The lowest BCUT2D eigenvalue weighted by atomic mass is 9.69. The summed E-state index contributed by atoms with van der Waals surface area (Å²) in [6.45, 7) is 0. The van der Waals surface area contributed by atoms with E-state index in [1.54, 1.807) is 0 Å². The number of allylic oxidation sites excluding steroid dienone is 8. The Hall–Kier alpha value is -6.44. The van der Waals surface area contributed by atoms with E-state index in [9.17, 15) is 0 Å². The van der Waals surface area contributed by atoms with E-state index in [4.69, 9.17) is 0 Å². The van der Waals surface area contributed by atoms with Gasteiger partial charge in [0, 0.05) is 16.6 Å². The molecule has 0 N–H and O–H groups in total. The summed E-state index contributed by atoms with van der Waals surface area (Å²) in [5.41, 5.74) is 22.3. The number of hydrogen-bond donors (Lipinski definition) is 0. The molecule has 1 atom stereocenters. The molecule has 12 rings (SSSR count). The van der Waals surface area contributed by atoms with Crippen LogP contribution in [-0.2, 0) is 5.41 Å². The Morgan fingerprint density at radius 2 is 1.13 bits per heavy atom. The molecule has 54 heavy (non-hydrogen) atoms. The summed E-state index contributed by atoms with van der Waals surface area (Å²) >= 11 is 0. The second-order valence-corrected chi connectivity index (χ2v) is 15.3. The van der Waals surface area contributed by atoms with E-state index in [-0.39, 0.29) is 5.41 Å². The molecular formula is C53H37N. The SMILES string of the molecule is C1=CC(c2ccc(N(c3cccc4c3-c3ccccc3C43C4=C(CCC=C4)c4ccccc43)c3ccc4c5c(cccc35)-c3ccccc3-4)cc2)=CCC1. The van der Waals surface area contributed by atoms with Crippen molar-refractivity contribution in [2.75, 3.05) is 4.90 Å². The fourth-order valence-electron chi connectivity index (χ4n) is 10.6. The maximum Gasteiger partial charge on any atom is 0.0722 e. The van der Waals surface area contributed by atoms with Crippen LogP contribution in [0.5, 0.6) is 0 Å². The van der Waals surface area contributed by atoms with Crippen molar-refractivity contribution >= 4 is 39.0 Å². The molecule has 0 bridgehead atoms. The van der Waals surface area contributed by atoms with E-state index in [2.05, 4.69) is 181 Å². The third-order valence-electron chi connectivity index (χ3n) is 12.7. The first kappa shape index (κ1) is 30.1. The van der Waals surface area contributed by atoms with Crippen LogP contribution in [0, 0.1) is 0 Å². The molecule has 7 aromatic carbocycles. The van der Waals surface area contributed by atoms with Crippen LogP contribution >= 0.6 is 0 Å². The third-order valence-corrected chi connectivity index (χ3v) is 12.7. The van der Waals surface area contributed by atoms with Crippen LogP contribution in [0.1, 0.15) is 53.5 Å². The summed E-state index contributed by atoms with van der Waals surface area (Å²) in [7, 11) is 0. The predicted octanol–water partition coefficient (Wildman–Crippen LogP) is 14.1. The number of hydrogen-bond acceptors (Lipinski definition) is 1. The highest BCUT2D eigenvalue weighted by molar-refractivity contribution is 6.19. The smallest absolute Gasteiger partial charge is 0.0722 e. The van der Waals surface area contributed by atoms with Crippen LogP contribution in [0.4, 0.5) is 17.1 Å². The van der Waals surface area contributed by atoms with Gasteiger partial charge >= 0.3 is 0 Å². The summed E-state index contributed by atoms with van der Waals surface area (Å²) in [6, 6.07) is 55.3. The van der Waals surface area contributed by atoms with Crippen LogP contribution in [0.2, 0.25) is 0 Å². The Bertz CT molecular complexity index is 2850. The highest BCUT2D eigenvalue weighted by Gasteiger charge is 2.53. The van der Waals surface area contributed by atoms with Gasteiger partial charge in [-0.1, -0.05) is 152 Å². The topological polar surface area (TPSA) is 3.24 Å². The van der Waals surface area contributed by atoms with Gasteiger partial charge in [-0.3, -0.25) is 0 Å². The van der Waals surface area contributed by atoms with Gasteiger partial charge in [0.15, 0.2) is 0 Å². The van der Waals surface area contributed by atoms with Gasteiger partial charge in [-0.05, 0) is 128 Å². The Morgan fingerprint density at radius 3 is 1.93 bits per heavy atom. The molecule has 0 saturated carbocycles. The van der Waals surface area contributed by atoms with Gasteiger partial charge in [0.1, 0.15) is 0 Å². The van der Waals surface area contributed by atoms with E-state index in [0.29, 0.717) is 0 Å². The van der Waals surface area contributed by atoms with Crippen molar-refractivity contribution in [1.29, 1.82) is 0 Å². The molecule has 1 heteroatoms. The first-order valence-electron chi connectivity index (χ1n) is 19.5. The lowest BCUT2D eigenvalue weighted by Gasteiger charge is -2.33. The normalized spacial score (nSPS) is 18.0. The van der Waals surface area contributed by atoms with Crippen molar-refractivity contribution in [3.63, 3.8) is 0 Å². The van der Waals surface area contributed by atoms with Gasteiger partial charge in [0.05, 0.1) is 16.8 Å². The minimum Gasteiger partial charge on any atom is -0.309 e. The lowest BCUT2D eigenvalue weighted by Crippen LogP contribution is -2.27. The fraction of sp³-hybridized carbons (Fsp3) is 0.0943. The molecule has 0 aliphatic heterocycles. The second kappa shape index (κ2) is 11.3. The zero-order valence-corrected chi connectivity index (χ0v) is 30.0. The molecule has 254 valence electrons. The van der Waals surface area contributed by atoms with Crippen LogP contribution in [0.3, 0.4) is 0 Å². The van der Waals surface area contributed by atoms with E-state index in [1.807, 2.05) is 0 Å². The van der Waals surface area contributed by atoms with Crippen LogP contribution in [0.25, 0.3) is 55.3 Å². The van der Waals surface area contributed by atoms with Gasteiger partial charge in [-0.25, -0.2) is 0 Å². The van der Waals surface area contributed by atoms with Crippen molar-refractivity contribution in [1.82, 2.24) is 0 Å². The molecule has 0 fully saturated rings. The summed E-state index contributed by atoms with van der Waals surface area (Å²) < 4.78 is 0. The van der Waals surface area contributed by atoms with Gasteiger partial charge in [-0.15, -0.1) is 0 Å². The third kappa shape index (κ3) is 3.89. The molecular weight excluding hydrogens is 651 g/mol. The fourth-order valence-corrected chi connectivity index (χ4v) is 10.6. The van der Waals surface area contributed by atoms with Crippen LogP contribution in [-0.4, -0.2) is 0 Å². The molecule has 1 unspecified atom stereocenters. The zero-order chi connectivity index (χ0) is 35.4. The average Bonchev–Trinajstić information content (AvgIpc) is 3.85. The number of rotatable bonds is 4. The summed E-state index contributed by atoms with van der Waals surface area (Å²) in [5, 5.41) is 2.61. The van der Waals surface area contributed by atoms with Crippen molar-refractivity contribution in [3.05, 3.63) is 209 Å². The second-order valence-electron chi connectivity index (χ2n) is 15.3. The van der Waals surface area contributed by atoms with Gasteiger partial charge < -0.3 is 4.90 Å². The first-order valence-corrected chi connectivity index (χ1v) is 19.5. The molecule has 0 amide bonds. The molecule has 5 aliphatic carbocycles. The zero-order valence-electron chi connectivity index (χ0n) is 30.0. The van der Waals surface area contributed by atoms with Gasteiger partial charge in [0.25, 0.3) is 0 Å². The Kier molecular flexibility index (Phi) is 6.28. The minimum atomic E-state index is -0.357.